The number of hydrogen-bond acceptors (Lipinski definition) is 4. The van der Waals surface area contributed by atoms with Gasteiger partial charge in [0.05, 0.1) is 19.2 Å². The quantitative estimate of drug-likeness (QED) is 0.555. The monoisotopic (exact) mass is 395 g/mol. The fourth-order valence-electron chi connectivity index (χ4n) is 1.89. The number of anilines is 1. The molecule has 0 aliphatic heterocycles. The second-order valence-electron chi connectivity index (χ2n) is 4.54. The van der Waals surface area contributed by atoms with Crippen LogP contribution >= 0.6 is 27.5 Å². The van der Waals surface area contributed by atoms with E-state index in [1.807, 2.05) is 12.1 Å². The Kier molecular flexibility index (Phi) is 6.07. The minimum absolute atomic E-state index is 0.147. The number of carbonyl (C=O) groups is 1. The van der Waals surface area contributed by atoms with E-state index in [9.17, 15) is 4.79 Å². The molecule has 0 amide bonds. The van der Waals surface area contributed by atoms with Gasteiger partial charge in [0.1, 0.15) is 0 Å². The average Bonchev–Trinajstić information content (AvgIpc) is 2.57. The predicted molar refractivity (Wildman–Crippen MR) is 95.8 cm³/mol. The Bertz CT molecular complexity index is 747. The van der Waals surface area contributed by atoms with Crippen molar-refractivity contribution in [1.29, 1.82) is 0 Å². The molecule has 2 aromatic rings. The maximum Gasteiger partial charge on any atom is 0.187 e. The molecule has 4 nitrogen and oxygen atoms in total. The highest BCUT2D eigenvalue weighted by Gasteiger charge is 2.08. The van der Waals surface area contributed by atoms with Crippen LogP contribution < -0.4 is 14.8 Å². The fourth-order valence-corrected chi connectivity index (χ4v) is 2.38. The van der Waals surface area contributed by atoms with Crippen LogP contribution in [0.4, 0.5) is 5.69 Å². The van der Waals surface area contributed by atoms with Gasteiger partial charge in [0.2, 0.25) is 0 Å². The van der Waals surface area contributed by atoms with E-state index in [1.54, 1.807) is 37.6 Å². The molecular weight excluding hydrogens is 382 g/mol. The lowest BCUT2D eigenvalue weighted by molar-refractivity contribution is 0.104. The van der Waals surface area contributed by atoms with Crippen molar-refractivity contribution in [3.05, 3.63) is 63.7 Å². The minimum atomic E-state index is -0.147. The summed E-state index contributed by atoms with van der Waals surface area (Å²) in [6, 6.07) is 10.4. The topological polar surface area (TPSA) is 47.6 Å². The molecule has 0 aromatic heterocycles. The SMILES string of the molecule is COc1ccc(C(=O)C=CNc2ccc(Cl)c(Br)c2)cc1OC. The number of allylic oxidation sites excluding steroid dienone is 1. The van der Waals surface area contributed by atoms with Crippen LogP contribution in [0.1, 0.15) is 10.4 Å². The van der Waals surface area contributed by atoms with Crippen LogP contribution in [-0.2, 0) is 0 Å². The van der Waals surface area contributed by atoms with Gasteiger partial charge in [-0.15, -0.1) is 0 Å². The first kappa shape index (κ1) is 17.4. The minimum Gasteiger partial charge on any atom is -0.493 e. The van der Waals surface area contributed by atoms with Gasteiger partial charge in [0.25, 0.3) is 0 Å². The fraction of sp³-hybridized carbons (Fsp3) is 0.118. The van der Waals surface area contributed by atoms with E-state index in [2.05, 4.69) is 21.2 Å². The molecule has 0 fully saturated rings. The summed E-state index contributed by atoms with van der Waals surface area (Å²) in [5.74, 6) is 0.949. The van der Waals surface area contributed by atoms with E-state index in [0.717, 1.165) is 10.2 Å². The molecule has 0 saturated heterocycles. The van der Waals surface area contributed by atoms with Crippen molar-refractivity contribution in [3.63, 3.8) is 0 Å². The summed E-state index contributed by atoms with van der Waals surface area (Å²) in [4.78, 5) is 12.2. The van der Waals surface area contributed by atoms with E-state index in [4.69, 9.17) is 21.1 Å². The Morgan fingerprint density at radius 2 is 1.87 bits per heavy atom. The number of ether oxygens (including phenoxy) is 2. The number of carbonyl (C=O) groups excluding carboxylic acids is 1. The Labute approximate surface area is 148 Å². The number of ketones is 1. The van der Waals surface area contributed by atoms with E-state index in [1.165, 1.54) is 13.2 Å². The van der Waals surface area contributed by atoms with E-state index >= 15 is 0 Å². The third-order valence-corrected chi connectivity index (χ3v) is 4.29. The molecule has 0 atom stereocenters. The Morgan fingerprint density at radius 3 is 2.52 bits per heavy atom. The average molecular weight is 397 g/mol. The number of methoxy groups -OCH3 is 2. The van der Waals surface area contributed by atoms with Crippen molar-refractivity contribution < 1.29 is 14.3 Å². The van der Waals surface area contributed by atoms with Gasteiger partial charge in [-0.2, -0.15) is 0 Å². The lowest BCUT2D eigenvalue weighted by atomic mass is 10.1. The first-order valence-corrected chi connectivity index (χ1v) is 7.86. The van der Waals surface area contributed by atoms with Crippen molar-refractivity contribution in [3.8, 4) is 11.5 Å². The van der Waals surface area contributed by atoms with Crippen molar-refractivity contribution in [2.45, 2.75) is 0 Å². The zero-order valence-electron chi connectivity index (χ0n) is 12.6. The highest BCUT2D eigenvalue weighted by Crippen LogP contribution is 2.28. The van der Waals surface area contributed by atoms with Gasteiger partial charge >= 0.3 is 0 Å². The zero-order valence-corrected chi connectivity index (χ0v) is 14.9. The molecule has 0 saturated carbocycles. The second-order valence-corrected chi connectivity index (χ2v) is 5.80. The molecule has 1 N–H and O–H groups in total. The Morgan fingerprint density at radius 1 is 1.13 bits per heavy atom. The van der Waals surface area contributed by atoms with Crippen LogP contribution in [0.2, 0.25) is 5.02 Å². The maximum atomic E-state index is 12.2. The van der Waals surface area contributed by atoms with Gasteiger partial charge in [-0.3, -0.25) is 4.79 Å². The van der Waals surface area contributed by atoms with Gasteiger partial charge in [-0.25, -0.2) is 0 Å². The molecule has 0 bridgehead atoms. The third kappa shape index (κ3) is 4.50. The van der Waals surface area contributed by atoms with E-state index < -0.39 is 0 Å². The van der Waals surface area contributed by atoms with Crippen molar-refractivity contribution >= 4 is 39.0 Å². The third-order valence-electron chi connectivity index (χ3n) is 3.07. The molecule has 0 heterocycles. The predicted octanol–water partition coefficient (Wildman–Crippen LogP) is 4.93. The molecule has 6 heteroatoms. The van der Waals surface area contributed by atoms with Gasteiger partial charge in [0.15, 0.2) is 17.3 Å². The number of benzene rings is 2. The summed E-state index contributed by atoms with van der Waals surface area (Å²) in [7, 11) is 3.08. The first-order valence-electron chi connectivity index (χ1n) is 6.69. The molecule has 2 rings (SSSR count). The lowest BCUT2D eigenvalue weighted by Gasteiger charge is -2.08. The summed E-state index contributed by atoms with van der Waals surface area (Å²) >= 11 is 9.27. The van der Waals surface area contributed by atoms with Gasteiger partial charge < -0.3 is 14.8 Å². The van der Waals surface area contributed by atoms with Crippen LogP contribution in [0.3, 0.4) is 0 Å². The lowest BCUT2D eigenvalue weighted by Crippen LogP contribution is -1.98. The number of hydrogen-bond donors (Lipinski definition) is 1. The van der Waals surface area contributed by atoms with Gasteiger partial charge in [-0.1, -0.05) is 11.6 Å². The summed E-state index contributed by atoms with van der Waals surface area (Å²) < 4.78 is 11.1. The smallest absolute Gasteiger partial charge is 0.187 e. The molecule has 0 unspecified atom stereocenters. The van der Waals surface area contributed by atoms with Crippen LogP contribution in [-0.4, -0.2) is 20.0 Å². The van der Waals surface area contributed by atoms with E-state index in [-0.39, 0.29) is 5.78 Å². The summed E-state index contributed by atoms with van der Waals surface area (Å²) in [5.41, 5.74) is 1.33. The molecule has 120 valence electrons. The molecule has 0 aliphatic rings. The molecule has 2 aromatic carbocycles. The van der Waals surface area contributed by atoms with Crippen LogP contribution in [0, 0.1) is 0 Å². The van der Waals surface area contributed by atoms with Crippen LogP contribution in [0.15, 0.2) is 53.1 Å². The van der Waals surface area contributed by atoms with Crippen LogP contribution in [0.25, 0.3) is 0 Å². The molecular formula is C17H15BrClNO3. The van der Waals surface area contributed by atoms with Gasteiger partial charge in [0, 0.05) is 28.0 Å². The highest BCUT2D eigenvalue weighted by atomic mass is 79.9. The number of rotatable bonds is 6. The highest BCUT2D eigenvalue weighted by molar-refractivity contribution is 9.10. The standard InChI is InChI=1S/C17H15BrClNO3/c1-22-16-6-3-11(9-17(16)23-2)15(21)7-8-20-12-4-5-14(19)13(18)10-12/h3-10,20H,1-2H3. The number of nitrogens with one attached hydrogen (secondary N) is 1. The largest absolute Gasteiger partial charge is 0.493 e. The van der Waals surface area contributed by atoms with Crippen molar-refractivity contribution in [1.82, 2.24) is 0 Å². The number of halogens is 2. The van der Waals surface area contributed by atoms with Gasteiger partial charge in [-0.05, 0) is 52.3 Å². The van der Waals surface area contributed by atoms with E-state index in [0.29, 0.717) is 22.1 Å². The molecule has 0 radical (unpaired) electrons. The molecule has 0 aliphatic carbocycles. The maximum absolute atomic E-state index is 12.2. The molecule has 0 spiro atoms. The Hall–Kier alpha value is -1.98. The summed E-state index contributed by atoms with van der Waals surface area (Å²) in [5, 5.41) is 3.64. The normalized spacial score (nSPS) is 10.6. The molecule has 23 heavy (non-hydrogen) atoms. The summed E-state index contributed by atoms with van der Waals surface area (Å²) in [6.07, 6.45) is 3.03. The van der Waals surface area contributed by atoms with Crippen LogP contribution in [0.5, 0.6) is 11.5 Å². The Balaban J connectivity index is 2.07. The van der Waals surface area contributed by atoms with Crippen molar-refractivity contribution in [2.75, 3.05) is 19.5 Å². The second kappa shape index (κ2) is 8.04. The zero-order chi connectivity index (χ0) is 16.8. The first-order chi connectivity index (χ1) is 11.0. The summed E-state index contributed by atoms with van der Waals surface area (Å²) in [6.45, 7) is 0. The van der Waals surface area contributed by atoms with Crippen molar-refractivity contribution in [2.24, 2.45) is 0 Å².